The average molecular weight is 259 g/mol. The Morgan fingerprint density at radius 3 is 3.21 bits per heavy atom. The normalized spacial score (nSPS) is 23.4. The Balaban J connectivity index is 1.75. The van der Waals surface area contributed by atoms with Crippen molar-refractivity contribution >= 4 is 17.5 Å². The molecule has 1 amide bonds. The van der Waals surface area contributed by atoms with Gasteiger partial charge in [0.2, 0.25) is 11.9 Å². The minimum absolute atomic E-state index is 0.0338. The van der Waals surface area contributed by atoms with Crippen molar-refractivity contribution in [2.75, 3.05) is 11.9 Å². The molecule has 2 aromatic heterocycles. The van der Waals surface area contributed by atoms with Crippen molar-refractivity contribution in [2.45, 2.75) is 25.8 Å². The summed E-state index contributed by atoms with van der Waals surface area (Å²) in [6.07, 6.45) is 3.57. The number of amides is 1. The molecular formula is C13H17N5O. The van der Waals surface area contributed by atoms with Crippen LogP contribution in [0.4, 0.5) is 5.95 Å². The fraction of sp³-hybridized carbons (Fsp3) is 0.462. The third kappa shape index (κ3) is 2.44. The molecule has 1 saturated heterocycles. The van der Waals surface area contributed by atoms with Gasteiger partial charge in [-0.25, -0.2) is 0 Å². The Kier molecular flexibility index (Phi) is 3.16. The van der Waals surface area contributed by atoms with Gasteiger partial charge in [0, 0.05) is 18.2 Å². The van der Waals surface area contributed by atoms with Gasteiger partial charge in [-0.1, -0.05) is 6.07 Å². The number of pyridine rings is 1. The Morgan fingerprint density at radius 1 is 1.47 bits per heavy atom. The van der Waals surface area contributed by atoms with E-state index >= 15 is 0 Å². The van der Waals surface area contributed by atoms with Crippen LogP contribution >= 0.6 is 0 Å². The average Bonchev–Trinajstić information content (AvgIpc) is 2.82. The summed E-state index contributed by atoms with van der Waals surface area (Å²) in [7, 11) is 0. The highest BCUT2D eigenvalue weighted by molar-refractivity contribution is 5.91. The predicted octanol–water partition coefficient (Wildman–Crippen LogP) is 1.06. The van der Waals surface area contributed by atoms with E-state index in [-0.39, 0.29) is 11.8 Å². The van der Waals surface area contributed by atoms with Gasteiger partial charge < -0.3 is 5.32 Å². The van der Waals surface area contributed by atoms with Crippen LogP contribution in [0.25, 0.3) is 5.65 Å². The number of carbonyl (C=O) groups excluding carboxylic acids is 1. The summed E-state index contributed by atoms with van der Waals surface area (Å²) < 4.78 is 1.78. The van der Waals surface area contributed by atoms with Gasteiger partial charge in [0.25, 0.3) is 0 Å². The zero-order valence-electron chi connectivity index (χ0n) is 10.8. The highest BCUT2D eigenvalue weighted by atomic mass is 16.2. The molecule has 1 aliphatic heterocycles. The molecule has 2 aromatic rings. The number of nitrogens with zero attached hydrogens (tertiary/aromatic N) is 3. The predicted molar refractivity (Wildman–Crippen MR) is 71.8 cm³/mol. The third-order valence-corrected chi connectivity index (χ3v) is 3.54. The van der Waals surface area contributed by atoms with Crippen molar-refractivity contribution in [2.24, 2.45) is 5.92 Å². The molecule has 0 unspecified atom stereocenters. The molecule has 3 rings (SSSR count). The smallest absolute Gasteiger partial charge is 0.235 e. The molecule has 2 atom stereocenters. The van der Waals surface area contributed by atoms with E-state index in [1.54, 1.807) is 4.40 Å². The van der Waals surface area contributed by atoms with Gasteiger partial charge in [0.1, 0.15) is 0 Å². The molecule has 0 spiro atoms. The van der Waals surface area contributed by atoms with Crippen molar-refractivity contribution in [3.05, 3.63) is 24.4 Å². The van der Waals surface area contributed by atoms with E-state index in [0.29, 0.717) is 12.0 Å². The van der Waals surface area contributed by atoms with Crippen LogP contribution in [-0.4, -0.2) is 33.1 Å². The number of rotatable bonds is 2. The Morgan fingerprint density at radius 2 is 2.37 bits per heavy atom. The lowest BCUT2D eigenvalue weighted by atomic mass is 9.92. The summed E-state index contributed by atoms with van der Waals surface area (Å²) in [5.41, 5.74) is 0.733. The van der Waals surface area contributed by atoms with Gasteiger partial charge >= 0.3 is 0 Å². The molecule has 100 valence electrons. The molecule has 0 aromatic carbocycles. The van der Waals surface area contributed by atoms with E-state index < -0.39 is 0 Å². The molecule has 0 saturated carbocycles. The van der Waals surface area contributed by atoms with Crippen LogP contribution < -0.4 is 10.6 Å². The zero-order chi connectivity index (χ0) is 13.2. The molecule has 1 fully saturated rings. The zero-order valence-corrected chi connectivity index (χ0v) is 10.8. The summed E-state index contributed by atoms with van der Waals surface area (Å²) in [5, 5.41) is 14.3. The standard InChI is InChI=1S/C13H17N5O/c1-9-8-10(5-6-14-9)12(19)15-13-17-16-11-4-2-3-7-18(11)13/h2-4,7,9-10,14H,5-6,8H2,1H3,(H,15,17,19)/t9-,10-/m0/s1. The fourth-order valence-corrected chi connectivity index (χ4v) is 2.51. The second-order valence-electron chi connectivity index (χ2n) is 5.02. The van der Waals surface area contributed by atoms with Gasteiger partial charge in [0.15, 0.2) is 5.65 Å². The summed E-state index contributed by atoms with van der Waals surface area (Å²) in [6.45, 7) is 2.99. The van der Waals surface area contributed by atoms with Crippen molar-refractivity contribution in [1.29, 1.82) is 0 Å². The maximum Gasteiger partial charge on any atom is 0.235 e. The highest BCUT2D eigenvalue weighted by Gasteiger charge is 2.25. The highest BCUT2D eigenvalue weighted by Crippen LogP contribution is 2.18. The Hall–Kier alpha value is -1.95. The number of fused-ring (bicyclic) bond motifs is 1. The van der Waals surface area contributed by atoms with E-state index in [2.05, 4.69) is 27.8 Å². The van der Waals surface area contributed by atoms with Crippen LogP contribution in [-0.2, 0) is 4.79 Å². The van der Waals surface area contributed by atoms with Crippen molar-refractivity contribution in [1.82, 2.24) is 19.9 Å². The second-order valence-corrected chi connectivity index (χ2v) is 5.02. The first-order valence-electron chi connectivity index (χ1n) is 6.58. The van der Waals surface area contributed by atoms with E-state index in [9.17, 15) is 4.79 Å². The van der Waals surface area contributed by atoms with Crippen LogP contribution in [0.2, 0.25) is 0 Å². The van der Waals surface area contributed by atoms with Crippen LogP contribution in [0.15, 0.2) is 24.4 Å². The Bertz CT molecular complexity index is 593. The lowest BCUT2D eigenvalue weighted by Crippen LogP contribution is -2.40. The molecule has 2 N–H and O–H groups in total. The number of hydrogen-bond acceptors (Lipinski definition) is 4. The number of carbonyl (C=O) groups is 1. The number of anilines is 1. The first-order valence-corrected chi connectivity index (χ1v) is 6.58. The van der Waals surface area contributed by atoms with E-state index in [0.717, 1.165) is 25.0 Å². The molecule has 6 heteroatoms. The van der Waals surface area contributed by atoms with Gasteiger partial charge in [0.05, 0.1) is 0 Å². The van der Waals surface area contributed by atoms with Crippen LogP contribution in [0, 0.1) is 5.92 Å². The first-order chi connectivity index (χ1) is 9.24. The molecule has 1 aliphatic rings. The minimum atomic E-state index is 0.0338. The Labute approximate surface area is 111 Å². The maximum absolute atomic E-state index is 12.2. The van der Waals surface area contributed by atoms with Crippen molar-refractivity contribution in [3.63, 3.8) is 0 Å². The summed E-state index contributed by atoms with van der Waals surface area (Å²) in [6, 6.07) is 6.03. The number of nitrogens with one attached hydrogen (secondary N) is 2. The summed E-state index contributed by atoms with van der Waals surface area (Å²) >= 11 is 0. The van der Waals surface area contributed by atoms with Gasteiger partial charge in [-0.3, -0.25) is 14.5 Å². The second kappa shape index (κ2) is 4.97. The summed E-state index contributed by atoms with van der Waals surface area (Å²) in [4.78, 5) is 12.2. The topological polar surface area (TPSA) is 71.3 Å². The number of piperidine rings is 1. The fourth-order valence-electron chi connectivity index (χ4n) is 2.51. The molecule has 0 bridgehead atoms. The quantitative estimate of drug-likeness (QED) is 0.846. The molecule has 19 heavy (non-hydrogen) atoms. The molecule has 0 aliphatic carbocycles. The van der Waals surface area contributed by atoms with Crippen molar-refractivity contribution < 1.29 is 4.79 Å². The molecule has 3 heterocycles. The van der Waals surface area contributed by atoms with E-state index in [4.69, 9.17) is 0 Å². The minimum Gasteiger partial charge on any atom is -0.314 e. The monoisotopic (exact) mass is 259 g/mol. The van der Waals surface area contributed by atoms with Crippen molar-refractivity contribution in [3.8, 4) is 0 Å². The van der Waals surface area contributed by atoms with E-state index in [1.165, 1.54) is 0 Å². The van der Waals surface area contributed by atoms with Gasteiger partial charge in [-0.2, -0.15) is 0 Å². The number of hydrogen-bond donors (Lipinski definition) is 2. The summed E-state index contributed by atoms with van der Waals surface area (Å²) in [5.74, 6) is 0.575. The molecule has 6 nitrogen and oxygen atoms in total. The SMILES string of the molecule is C[C@H]1C[C@@H](C(=O)Nc2nnc3ccccn23)CCN1. The van der Waals surface area contributed by atoms with E-state index in [1.807, 2.05) is 24.4 Å². The molecule has 0 radical (unpaired) electrons. The molecular weight excluding hydrogens is 242 g/mol. The van der Waals surface area contributed by atoms with Gasteiger partial charge in [-0.15, -0.1) is 10.2 Å². The maximum atomic E-state index is 12.2. The lowest BCUT2D eigenvalue weighted by molar-refractivity contribution is -0.120. The largest absolute Gasteiger partial charge is 0.314 e. The third-order valence-electron chi connectivity index (χ3n) is 3.54. The van der Waals surface area contributed by atoms with Gasteiger partial charge in [-0.05, 0) is 38.4 Å². The van der Waals surface area contributed by atoms with Crippen LogP contribution in [0.3, 0.4) is 0 Å². The van der Waals surface area contributed by atoms with Crippen LogP contribution in [0.5, 0.6) is 0 Å². The number of aromatic nitrogens is 3. The van der Waals surface area contributed by atoms with Crippen LogP contribution in [0.1, 0.15) is 19.8 Å². The lowest BCUT2D eigenvalue weighted by Gasteiger charge is -2.26. The first kappa shape index (κ1) is 12.1.